The number of anilines is 1. The highest BCUT2D eigenvalue weighted by atomic mass is 32.1. The van der Waals surface area contributed by atoms with E-state index in [1.807, 2.05) is 0 Å². The number of aliphatic imine (C=N–C) groups is 1. The lowest BCUT2D eigenvalue weighted by Gasteiger charge is -2.01. The SMILES string of the molecule is O=C1Nc2ccc(C(=O)O)cc2C1=Nc1ccc(-c2n[nH]c(=S)o2)cc1. The summed E-state index contributed by atoms with van der Waals surface area (Å²) in [6, 6.07) is 11.3. The van der Waals surface area contributed by atoms with Gasteiger partial charge in [0.05, 0.1) is 16.9 Å². The summed E-state index contributed by atoms with van der Waals surface area (Å²) >= 11 is 4.84. The molecule has 1 amide bonds. The maximum atomic E-state index is 12.2. The van der Waals surface area contributed by atoms with Crippen molar-refractivity contribution in [3.63, 3.8) is 0 Å². The molecule has 0 aliphatic carbocycles. The molecule has 9 heteroatoms. The smallest absolute Gasteiger partial charge is 0.335 e. The minimum Gasteiger partial charge on any atom is -0.478 e. The number of H-pyrrole nitrogens is 1. The molecule has 0 saturated heterocycles. The molecular weight excluding hydrogens is 356 g/mol. The molecule has 0 bridgehead atoms. The Morgan fingerprint density at radius 2 is 1.96 bits per heavy atom. The van der Waals surface area contributed by atoms with Crippen molar-refractivity contribution in [2.75, 3.05) is 5.32 Å². The van der Waals surface area contributed by atoms with Crippen LogP contribution in [-0.2, 0) is 4.79 Å². The van der Waals surface area contributed by atoms with Gasteiger partial charge in [0.15, 0.2) is 0 Å². The van der Waals surface area contributed by atoms with Gasteiger partial charge in [-0.15, -0.1) is 5.10 Å². The molecule has 0 atom stereocenters. The fraction of sp³-hybridized carbons (Fsp3) is 0. The number of carboxylic acid groups (broad SMARTS) is 1. The van der Waals surface area contributed by atoms with E-state index in [4.69, 9.17) is 21.7 Å². The van der Waals surface area contributed by atoms with Crippen LogP contribution >= 0.6 is 12.2 Å². The van der Waals surface area contributed by atoms with Crippen LogP contribution in [0.2, 0.25) is 0 Å². The van der Waals surface area contributed by atoms with Crippen LogP contribution in [0.15, 0.2) is 51.9 Å². The van der Waals surface area contributed by atoms with Gasteiger partial charge in [0.2, 0.25) is 5.89 Å². The molecule has 3 N–H and O–H groups in total. The highest BCUT2D eigenvalue weighted by Crippen LogP contribution is 2.28. The second kappa shape index (κ2) is 6.05. The number of carbonyl (C=O) groups excluding carboxylic acids is 1. The zero-order valence-corrected chi connectivity index (χ0v) is 13.8. The Hall–Kier alpha value is -3.59. The lowest BCUT2D eigenvalue weighted by Crippen LogP contribution is -2.14. The quantitative estimate of drug-likeness (QED) is 0.612. The van der Waals surface area contributed by atoms with Crippen molar-refractivity contribution in [3.8, 4) is 11.5 Å². The van der Waals surface area contributed by atoms with Crippen LogP contribution < -0.4 is 5.32 Å². The fourth-order valence-electron chi connectivity index (χ4n) is 2.56. The Labute approximate surface area is 151 Å². The average Bonchev–Trinajstić information content (AvgIpc) is 3.19. The summed E-state index contributed by atoms with van der Waals surface area (Å²) in [5.41, 5.74) is 2.46. The van der Waals surface area contributed by atoms with E-state index < -0.39 is 5.97 Å². The second-order valence-corrected chi connectivity index (χ2v) is 5.82. The standard InChI is InChI=1S/C17H10N4O4S/c22-14-13(11-7-9(16(23)24)3-6-12(11)19-14)18-10-4-1-8(2-5-10)15-20-21-17(26)25-15/h1-7H,(H,21,26)(H,23,24)(H,18,19,22). The van der Waals surface area contributed by atoms with Crippen molar-refractivity contribution in [2.24, 2.45) is 4.99 Å². The Kier molecular flexibility index (Phi) is 3.70. The molecule has 1 aromatic heterocycles. The molecule has 3 aromatic rings. The van der Waals surface area contributed by atoms with Crippen molar-refractivity contribution in [2.45, 2.75) is 0 Å². The van der Waals surface area contributed by atoms with Crippen molar-refractivity contribution in [1.29, 1.82) is 0 Å². The van der Waals surface area contributed by atoms with Crippen molar-refractivity contribution in [1.82, 2.24) is 10.2 Å². The number of aromatic amines is 1. The summed E-state index contributed by atoms with van der Waals surface area (Å²) in [4.78, 5) is 27.9. The van der Waals surface area contributed by atoms with E-state index in [0.717, 1.165) is 0 Å². The number of amides is 1. The molecule has 0 spiro atoms. The maximum absolute atomic E-state index is 12.2. The van der Waals surface area contributed by atoms with Gasteiger partial charge in [0, 0.05) is 11.1 Å². The zero-order valence-electron chi connectivity index (χ0n) is 13.0. The lowest BCUT2D eigenvalue weighted by molar-refractivity contribution is -0.110. The second-order valence-electron chi connectivity index (χ2n) is 5.45. The fourth-order valence-corrected chi connectivity index (χ4v) is 2.68. The molecule has 1 aliphatic heterocycles. The number of rotatable bonds is 3. The van der Waals surface area contributed by atoms with E-state index in [1.165, 1.54) is 12.1 Å². The number of fused-ring (bicyclic) bond motifs is 1. The number of carbonyl (C=O) groups is 2. The molecule has 4 rings (SSSR count). The number of aromatic carboxylic acids is 1. The van der Waals surface area contributed by atoms with E-state index in [1.54, 1.807) is 30.3 Å². The Balaban J connectivity index is 1.71. The van der Waals surface area contributed by atoms with Crippen LogP contribution in [-0.4, -0.2) is 32.9 Å². The maximum Gasteiger partial charge on any atom is 0.335 e. The number of nitrogens with one attached hydrogen (secondary N) is 2. The third kappa shape index (κ3) is 2.80. The predicted octanol–water partition coefficient (Wildman–Crippen LogP) is 3.17. The van der Waals surface area contributed by atoms with Gasteiger partial charge >= 0.3 is 5.97 Å². The van der Waals surface area contributed by atoms with Gasteiger partial charge in [0.25, 0.3) is 10.7 Å². The van der Waals surface area contributed by atoms with Crippen LogP contribution in [0, 0.1) is 4.84 Å². The highest BCUT2D eigenvalue weighted by molar-refractivity contribution is 7.71. The molecule has 2 heterocycles. The van der Waals surface area contributed by atoms with E-state index in [2.05, 4.69) is 20.5 Å². The minimum absolute atomic E-state index is 0.0863. The topological polar surface area (TPSA) is 121 Å². The average molecular weight is 366 g/mol. The number of benzene rings is 2. The summed E-state index contributed by atoms with van der Waals surface area (Å²) in [6.45, 7) is 0. The minimum atomic E-state index is -1.07. The third-order valence-corrected chi connectivity index (χ3v) is 3.95. The summed E-state index contributed by atoms with van der Waals surface area (Å²) in [7, 11) is 0. The predicted molar refractivity (Wildman–Crippen MR) is 95.4 cm³/mol. The van der Waals surface area contributed by atoms with Crippen LogP contribution in [0.25, 0.3) is 11.5 Å². The van der Waals surface area contributed by atoms with Gasteiger partial charge in [-0.05, 0) is 54.7 Å². The molecule has 0 fully saturated rings. The first-order chi connectivity index (χ1) is 12.5. The summed E-state index contributed by atoms with van der Waals surface area (Å²) in [6.07, 6.45) is 0. The Bertz CT molecular complexity index is 1130. The van der Waals surface area contributed by atoms with Gasteiger partial charge in [-0.3, -0.25) is 4.79 Å². The normalized spacial score (nSPS) is 14.3. The number of nitrogens with zero attached hydrogens (tertiary/aromatic N) is 2. The van der Waals surface area contributed by atoms with Crippen LogP contribution in [0.1, 0.15) is 15.9 Å². The highest BCUT2D eigenvalue weighted by Gasteiger charge is 2.27. The largest absolute Gasteiger partial charge is 0.478 e. The van der Waals surface area contributed by atoms with Gasteiger partial charge in [-0.2, -0.15) is 0 Å². The molecule has 0 saturated carbocycles. The van der Waals surface area contributed by atoms with Crippen molar-refractivity contribution < 1.29 is 19.1 Å². The number of hydrogen-bond acceptors (Lipinski definition) is 6. The summed E-state index contributed by atoms with van der Waals surface area (Å²) in [5, 5.41) is 18.3. The number of aromatic nitrogens is 2. The molecule has 128 valence electrons. The molecule has 8 nitrogen and oxygen atoms in total. The van der Waals surface area contributed by atoms with Crippen LogP contribution in [0.3, 0.4) is 0 Å². The zero-order chi connectivity index (χ0) is 18.3. The molecule has 0 unspecified atom stereocenters. The first kappa shape index (κ1) is 15.9. The third-order valence-electron chi connectivity index (χ3n) is 3.78. The molecule has 1 aliphatic rings. The van der Waals surface area contributed by atoms with E-state index in [9.17, 15) is 9.59 Å². The molecule has 26 heavy (non-hydrogen) atoms. The van der Waals surface area contributed by atoms with Gasteiger partial charge in [0.1, 0.15) is 5.71 Å². The molecular formula is C17H10N4O4S. The molecule has 0 radical (unpaired) electrons. The van der Waals surface area contributed by atoms with Crippen molar-refractivity contribution >= 4 is 41.2 Å². The molecule has 2 aromatic carbocycles. The van der Waals surface area contributed by atoms with Gasteiger partial charge < -0.3 is 14.8 Å². The number of carboxylic acids is 1. The Morgan fingerprint density at radius 1 is 1.19 bits per heavy atom. The van der Waals surface area contributed by atoms with Crippen LogP contribution in [0.4, 0.5) is 11.4 Å². The first-order valence-electron chi connectivity index (χ1n) is 7.45. The Morgan fingerprint density at radius 3 is 2.62 bits per heavy atom. The monoisotopic (exact) mass is 366 g/mol. The van der Waals surface area contributed by atoms with E-state index >= 15 is 0 Å². The van der Waals surface area contributed by atoms with E-state index in [-0.39, 0.29) is 22.0 Å². The van der Waals surface area contributed by atoms with Crippen LogP contribution in [0.5, 0.6) is 0 Å². The number of hydrogen-bond donors (Lipinski definition) is 3. The first-order valence-corrected chi connectivity index (χ1v) is 7.86. The van der Waals surface area contributed by atoms with Gasteiger partial charge in [-0.1, -0.05) is 0 Å². The van der Waals surface area contributed by atoms with Crippen molar-refractivity contribution in [3.05, 3.63) is 58.4 Å². The summed E-state index contributed by atoms with van der Waals surface area (Å²) < 4.78 is 5.23. The van der Waals surface area contributed by atoms with E-state index in [0.29, 0.717) is 28.4 Å². The van der Waals surface area contributed by atoms with Gasteiger partial charge in [-0.25, -0.2) is 14.9 Å². The lowest BCUT2D eigenvalue weighted by atomic mass is 10.1. The summed E-state index contributed by atoms with van der Waals surface area (Å²) in [5.74, 6) is -1.10.